The van der Waals surface area contributed by atoms with Gasteiger partial charge in [-0.25, -0.2) is 0 Å². The molecular weight excluding hydrogens is 202 g/mol. The predicted octanol–water partition coefficient (Wildman–Crippen LogP) is 1.41. The first-order chi connectivity index (χ1) is 7.65. The van der Waals surface area contributed by atoms with Gasteiger partial charge in [-0.2, -0.15) is 0 Å². The minimum absolute atomic E-state index is 0.606. The third-order valence-corrected chi connectivity index (χ3v) is 3.40. The lowest BCUT2D eigenvalue weighted by molar-refractivity contribution is -0.0207. The summed E-state index contributed by atoms with van der Waals surface area (Å²) in [5.41, 5.74) is 0.553. The summed E-state index contributed by atoms with van der Waals surface area (Å²) >= 11 is 0. The van der Waals surface area contributed by atoms with Gasteiger partial charge in [0.2, 0.25) is 0 Å². The lowest BCUT2D eigenvalue weighted by atomic mass is 9.82. The highest BCUT2D eigenvalue weighted by Gasteiger charge is 2.34. The maximum Gasteiger partial charge on any atom is 0.150 e. The van der Waals surface area contributed by atoms with Crippen molar-refractivity contribution in [1.82, 2.24) is 4.90 Å². The number of likely N-dealkylation sites (tertiary alicyclic amines) is 1. The summed E-state index contributed by atoms with van der Waals surface area (Å²) in [6.07, 6.45) is 2.20. The molecule has 0 saturated carbocycles. The van der Waals surface area contributed by atoms with Crippen LogP contribution in [-0.2, 0) is 5.60 Å². The first kappa shape index (κ1) is 11.3. The fourth-order valence-corrected chi connectivity index (χ4v) is 2.28. The highest BCUT2D eigenvalue weighted by molar-refractivity contribution is 5.77. The Morgan fingerprint density at radius 2 is 1.94 bits per heavy atom. The standard InChI is InChI=1S/C13H17NO2/c1-14-8-6-13(16,7-9-14)12-5-3-2-4-11(12)10-15/h2-5,10,16H,6-9H2,1H3. The minimum Gasteiger partial charge on any atom is -0.385 e. The quantitative estimate of drug-likeness (QED) is 0.765. The van der Waals surface area contributed by atoms with Gasteiger partial charge < -0.3 is 10.0 Å². The number of benzene rings is 1. The molecule has 1 fully saturated rings. The van der Waals surface area contributed by atoms with Gasteiger partial charge in [-0.3, -0.25) is 4.79 Å². The summed E-state index contributed by atoms with van der Waals surface area (Å²) in [6.45, 7) is 1.73. The molecule has 1 heterocycles. The van der Waals surface area contributed by atoms with Crippen LogP contribution in [-0.4, -0.2) is 36.4 Å². The predicted molar refractivity (Wildman–Crippen MR) is 62.5 cm³/mol. The summed E-state index contributed by atoms with van der Waals surface area (Å²) in [7, 11) is 2.05. The zero-order valence-corrected chi connectivity index (χ0v) is 9.52. The molecule has 0 aromatic heterocycles. The monoisotopic (exact) mass is 219 g/mol. The van der Waals surface area contributed by atoms with E-state index in [4.69, 9.17) is 0 Å². The van der Waals surface area contributed by atoms with E-state index in [1.807, 2.05) is 25.2 Å². The molecule has 0 bridgehead atoms. The van der Waals surface area contributed by atoms with E-state index >= 15 is 0 Å². The Morgan fingerprint density at radius 3 is 2.56 bits per heavy atom. The number of nitrogens with zero attached hydrogens (tertiary/aromatic N) is 1. The Bertz CT molecular complexity index is 381. The lowest BCUT2D eigenvalue weighted by Crippen LogP contribution is -2.41. The molecule has 3 heteroatoms. The number of aldehydes is 1. The second-order valence-electron chi connectivity index (χ2n) is 4.54. The van der Waals surface area contributed by atoms with Gasteiger partial charge in [-0.05, 0) is 25.5 Å². The van der Waals surface area contributed by atoms with Gasteiger partial charge in [0, 0.05) is 18.7 Å². The van der Waals surface area contributed by atoms with Crippen LogP contribution >= 0.6 is 0 Å². The fraction of sp³-hybridized carbons (Fsp3) is 0.462. The van der Waals surface area contributed by atoms with Crippen molar-refractivity contribution in [2.45, 2.75) is 18.4 Å². The van der Waals surface area contributed by atoms with Crippen molar-refractivity contribution >= 4 is 6.29 Å². The fourth-order valence-electron chi connectivity index (χ4n) is 2.28. The first-order valence-electron chi connectivity index (χ1n) is 5.61. The van der Waals surface area contributed by atoms with E-state index in [2.05, 4.69) is 4.90 Å². The number of carbonyl (C=O) groups excluding carboxylic acids is 1. The van der Waals surface area contributed by atoms with Gasteiger partial charge in [0.05, 0.1) is 5.60 Å². The van der Waals surface area contributed by atoms with Crippen LogP contribution in [0.5, 0.6) is 0 Å². The maximum atomic E-state index is 11.0. The van der Waals surface area contributed by atoms with Crippen LogP contribution in [0.4, 0.5) is 0 Å². The van der Waals surface area contributed by atoms with E-state index in [1.165, 1.54) is 0 Å². The van der Waals surface area contributed by atoms with Crippen LogP contribution in [0.25, 0.3) is 0 Å². The maximum absolute atomic E-state index is 11.0. The summed E-state index contributed by atoms with van der Waals surface area (Å²) in [5.74, 6) is 0. The molecule has 86 valence electrons. The van der Waals surface area contributed by atoms with E-state index in [0.717, 1.165) is 24.9 Å². The number of hydrogen-bond acceptors (Lipinski definition) is 3. The largest absolute Gasteiger partial charge is 0.385 e. The number of rotatable bonds is 2. The van der Waals surface area contributed by atoms with Crippen LogP contribution in [0.1, 0.15) is 28.8 Å². The van der Waals surface area contributed by atoms with E-state index in [1.54, 1.807) is 6.07 Å². The van der Waals surface area contributed by atoms with Crippen LogP contribution in [0.2, 0.25) is 0 Å². The van der Waals surface area contributed by atoms with Crippen LogP contribution in [0.3, 0.4) is 0 Å². The van der Waals surface area contributed by atoms with Crippen molar-refractivity contribution in [3.8, 4) is 0 Å². The van der Waals surface area contributed by atoms with Crippen LogP contribution in [0.15, 0.2) is 24.3 Å². The Hall–Kier alpha value is -1.19. The van der Waals surface area contributed by atoms with Crippen molar-refractivity contribution in [3.05, 3.63) is 35.4 Å². The summed E-state index contributed by atoms with van der Waals surface area (Å²) in [5, 5.41) is 10.6. The molecule has 1 aromatic carbocycles. The number of carbonyl (C=O) groups is 1. The van der Waals surface area contributed by atoms with Crippen LogP contribution in [0, 0.1) is 0 Å². The van der Waals surface area contributed by atoms with E-state index < -0.39 is 5.60 Å². The molecule has 1 aliphatic rings. The van der Waals surface area contributed by atoms with Crippen LogP contribution < -0.4 is 0 Å². The molecule has 2 rings (SSSR count). The Kier molecular flexibility index (Phi) is 3.08. The second kappa shape index (κ2) is 4.36. The smallest absolute Gasteiger partial charge is 0.150 e. The van der Waals surface area contributed by atoms with Crippen molar-refractivity contribution < 1.29 is 9.90 Å². The van der Waals surface area contributed by atoms with E-state index in [-0.39, 0.29) is 0 Å². The van der Waals surface area contributed by atoms with Gasteiger partial charge in [0.15, 0.2) is 0 Å². The van der Waals surface area contributed by atoms with Crippen molar-refractivity contribution in [3.63, 3.8) is 0 Å². The average molecular weight is 219 g/mol. The molecule has 0 atom stereocenters. The van der Waals surface area contributed by atoms with Gasteiger partial charge in [-0.15, -0.1) is 0 Å². The second-order valence-corrected chi connectivity index (χ2v) is 4.54. The molecule has 0 aliphatic carbocycles. The zero-order chi connectivity index (χ0) is 11.6. The van der Waals surface area contributed by atoms with Gasteiger partial charge in [-0.1, -0.05) is 24.3 Å². The van der Waals surface area contributed by atoms with Gasteiger partial charge in [0.1, 0.15) is 6.29 Å². The highest BCUT2D eigenvalue weighted by atomic mass is 16.3. The average Bonchev–Trinajstić information content (AvgIpc) is 2.33. The molecule has 1 saturated heterocycles. The third kappa shape index (κ3) is 2.01. The first-order valence-corrected chi connectivity index (χ1v) is 5.61. The summed E-state index contributed by atoms with van der Waals surface area (Å²) < 4.78 is 0. The van der Waals surface area contributed by atoms with E-state index in [0.29, 0.717) is 18.4 Å². The molecule has 0 amide bonds. The van der Waals surface area contributed by atoms with Crippen molar-refractivity contribution in [2.75, 3.05) is 20.1 Å². The van der Waals surface area contributed by atoms with Gasteiger partial charge in [0.25, 0.3) is 0 Å². The summed E-state index contributed by atoms with van der Waals surface area (Å²) in [6, 6.07) is 7.32. The molecule has 1 aromatic rings. The topological polar surface area (TPSA) is 40.5 Å². The highest BCUT2D eigenvalue weighted by Crippen LogP contribution is 2.33. The Balaban J connectivity index is 2.32. The molecular formula is C13H17NO2. The molecule has 0 unspecified atom stereocenters. The Labute approximate surface area is 95.7 Å². The van der Waals surface area contributed by atoms with E-state index in [9.17, 15) is 9.90 Å². The minimum atomic E-state index is -0.829. The zero-order valence-electron chi connectivity index (χ0n) is 9.52. The number of piperidine rings is 1. The number of aliphatic hydroxyl groups is 1. The molecule has 0 radical (unpaired) electrons. The van der Waals surface area contributed by atoms with Crippen molar-refractivity contribution in [1.29, 1.82) is 0 Å². The van der Waals surface area contributed by atoms with Gasteiger partial charge >= 0.3 is 0 Å². The molecule has 1 aliphatic heterocycles. The number of hydrogen-bond donors (Lipinski definition) is 1. The van der Waals surface area contributed by atoms with Crippen molar-refractivity contribution in [2.24, 2.45) is 0 Å². The molecule has 0 spiro atoms. The summed E-state index contributed by atoms with van der Waals surface area (Å²) in [4.78, 5) is 13.1. The lowest BCUT2D eigenvalue weighted by Gasteiger charge is -2.37. The SMILES string of the molecule is CN1CCC(O)(c2ccccc2C=O)CC1. The third-order valence-electron chi connectivity index (χ3n) is 3.40. The molecule has 1 N–H and O–H groups in total. The Morgan fingerprint density at radius 1 is 1.31 bits per heavy atom. The molecule has 3 nitrogen and oxygen atoms in total. The normalized spacial score (nSPS) is 20.6. The molecule has 16 heavy (non-hydrogen) atoms.